The van der Waals surface area contributed by atoms with E-state index in [1.807, 2.05) is 36.2 Å². The van der Waals surface area contributed by atoms with Crippen LogP contribution in [0.25, 0.3) is 0 Å². The molecule has 1 saturated heterocycles. The zero-order chi connectivity index (χ0) is 17.4. The van der Waals surface area contributed by atoms with E-state index in [-0.39, 0.29) is 0 Å². The van der Waals surface area contributed by atoms with Crippen molar-refractivity contribution in [2.75, 3.05) is 19.1 Å². The fourth-order valence-corrected chi connectivity index (χ4v) is 4.14. The van der Waals surface area contributed by atoms with Crippen LogP contribution in [0.3, 0.4) is 0 Å². The van der Waals surface area contributed by atoms with Crippen molar-refractivity contribution in [2.45, 2.75) is 42.8 Å². The van der Waals surface area contributed by atoms with Crippen molar-refractivity contribution in [1.82, 2.24) is 0 Å². The molecule has 24 heavy (non-hydrogen) atoms. The van der Waals surface area contributed by atoms with Crippen molar-refractivity contribution in [2.24, 2.45) is 4.99 Å². The van der Waals surface area contributed by atoms with Gasteiger partial charge >= 0.3 is 0 Å². The van der Waals surface area contributed by atoms with Gasteiger partial charge in [-0.15, -0.1) is 0 Å². The smallest absolute Gasteiger partial charge is 0.166 e. The van der Waals surface area contributed by atoms with Gasteiger partial charge in [-0.1, -0.05) is 23.9 Å². The van der Waals surface area contributed by atoms with Crippen LogP contribution in [0, 0.1) is 0 Å². The molecule has 6 atom stereocenters. The molecule has 1 aromatic rings. The summed E-state index contributed by atoms with van der Waals surface area (Å²) in [6, 6.07) is 6.98. The van der Waals surface area contributed by atoms with E-state index >= 15 is 0 Å². The number of ether oxygens (including phenoxy) is 2. The Kier molecular flexibility index (Phi) is 5.03. The number of hydrogen-bond donors (Lipinski definition) is 3. The lowest BCUT2D eigenvalue weighted by atomic mass is 9.95. The summed E-state index contributed by atoms with van der Waals surface area (Å²) in [4.78, 5) is 6.38. The lowest BCUT2D eigenvalue weighted by Gasteiger charge is -2.39. The molecule has 2 aliphatic heterocycles. The molecule has 0 amide bonds. The van der Waals surface area contributed by atoms with Crippen LogP contribution in [0.5, 0.6) is 5.75 Å². The highest BCUT2D eigenvalue weighted by Gasteiger charge is 2.50. The second-order valence-corrected chi connectivity index (χ2v) is 7.01. The number of aliphatic hydroxyl groups excluding tert-OH is 3. The third-order valence-corrected chi connectivity index (χ3v) is 5.51. The van der Waals surface area contributed by atoms with E-state index in [4.69, 9.17) is 9.47 Å². The molecule has 0 saturated carbocycles. The Balaban J connectivity index is 1.83. The first kappa shape index (κ1) is 17.5. The molecule has 0 unspecified atom stereocenters. The van der Waals surface area contributed by atoms with E-state index in [2.05, 4.69) is 4.99 Å². The lowest BCUT2D eigenvalue weighted by Crippen LogP contribution is -2.57. The fraction of sp³-hybridized carbons (Fsp3) is 0.562. The average molecular weight is 354 g/mol. The molecule has 0 aromatic heterocycles. The van der Waals surface area contributed by atoms with E-state index in [0.29, 0.717) is 10.9 Å². The summed E-state index contributed by atoms with van der Waals surface area (Å²) in [5.41, 5.74) is 0.391. The Morgan fingerprint density at radius 3 is 2.67 bits per heavy atom. The third kappa shape index (κ3) is 3.00. The minimum absolute atomic E-state index is 0.449. The molecule has 0 aliphatic carbocycles. The van der Waals surface area contributed by atoms with Gasteiger partial charge in [0.25, 0.3) is 0 Å². The Morgan fingerprint density at radius 1 is 1.29 bits per heavy atom. The van der Waals surface area contributed by atoms with Crippen molar-refractivity contribution in [3.63, 3.8) is 0 Å². The monoisotopic (exact) mass is 354 g/mol. The Morgan fingerprint density at radius 2 is 2.00 bits per heavy atom. The summed E-state index contributed by atoms with van der Waals surface area (Å²) in [7, 11) is 3.46. The van der Waals surface area contributed by atoms with Gasteiger partial charge in [0.2, 0.25) is 0 Å². The molecule has 2 heterocycles. The Hall–Kier alpha value is -1.32. The number of para-hydroxylation sites is 2. The summed E-state index contributed by atoms with van der Waals surface area (Å²) in [5, 5.41) is 30.9. The maximum absolute atomic E-state index is 10.3. The summed E-state index contributed by atoms with van der Waals surface area (Å²) >= 11 is 1.36. The molecule has 8 heteroatoms. The van der Waals surface area contributed by atoms with Crippen molar-refractivity contribution in [3.05, 3.63) is 24.3 Å². The van der Waals surface area contributed by atoms with Crippen molar-refractivity contribution < 1.29 is 24.8 Å². The quantitative estimate of drug-likeness (QED) is 0.725. The number of aliphatic hydroxyl groups is 3. The molecular formula is C16H22N2O5S. The number of rotatable bonds is 3. The summed E-state index contributed by atoms with van der Waals surface area (Å²) in [5.74, 6) is 0.710. The normalized spacial score (nSPS) is 33.6. The van der Waals surface area contributed by atoms with Gasteiger partial charge < -0.3 is 29.7 Å². The first-order valence-corrected chi connectivity index (χ1v) is 8.63. The molecular weight excluding hydrogens is 332 g/mol. The zero-order valence-corrected chi connectivity index (χ0v) is 14.6. The molecule has 2 aliphatic rings. The second kappa shape index (κ2) is 6.89. The molecule has 132 valence electrons. The number of nitrogens with zero attached hydrogens (tertiary/aromatic N) is 2. The highest BCUT2D eigenvalue weighted by atomic mass is 32.2. The summed E-state index contributed by atoms with van der Waals surface area (Å²) < 4.78 is 11.1. The molecule has 3 N–H and O–H groups in total. The van der Waals surface area contributed by atoms with Gasteiger partial charge in [0.15, 0.2) is 5.17 Å². The molecule has 3 rings (SSSR count). The number of methoxy groups -OCH3 is 1. The van der Waals surface area contributed by atoms with Gasteiger partial charge in [0.1, 0.15) is 35.5 Å². The van der Waals surface area contributed by atoms with Gasteiger partial charge in [-0.2, -0.15) is 0 Å². The number of amidine groups is 1. The Labute approximate surface area is 144 Å². The van der Waals surface area contributed by atoms with Crippen LogP contribution in [0.4, 0.5) is 5.69 Å². The van der Waals surface area contributed by atoms with Gasteiger partial charge in [0, 0.05) is 7.05 Å². The molecule has 0 spiro atoms. The standard InChI is InChI=1S/C16H22N2O5S/c1-8(19)14-13(21)12(20)11-15(23-14)24-16(17-11)18(2)9-6-4-5-7-10(9)22-3/h4-8,11-15,19-21H,1-3H3/t8-,11-,12-,13+,14-,15-/m1/s1. The highest BCUT2D eigenvalue weighted by Crippen LogP contribution is 2.40. The summed E-state index contributed by atoms with van der Waals surface area (Å²) in [6.45, 7) is 1.53. The van der Waals surface area contributed by atoms with Gasteiger partial charge in [-0.25, -0.2) is 0 Å². The van der Waals surface area contributed by atoms with Crippen LogP contribution in [0.15, 0.2) is 29.3 Å². The number of anilines is 1. The predicted molar refractivity (Wildman–Crippen MR) is 92.6 cm³/mol. The van der Waals surface area contributed by atoms with Crippen LogP contribution in [-0.4, -0.2) is 70.5 Å². The van der Waals surface area contributed by atoms with E-state index in [1.54, 1.807) is 7.11 Å². The first-order chi connectivity index (χ1) is 11.4. The minimum Gasteiger partial charge on any atom is -0.495 e. The predicted octanol–water partition coefficient (Wildman–Crippen LogP) is 0.430. The number of thioether (sulfide) groups is 1. The van der Waals surface area contributed by atoms with E-state index < -0.39 is 35.9 Å². The molecule has 0 bridgehead atoms. The maximum Gasteiger partial charge on any atom is 0.166 e. The zero-order valence-electron chi connectivity index (χ0n) is 13.7. The average Bonchev–Trinajstić information content (AvgIpc) is 3.01. The van der Waals surface area contributed by atoms with Crippen molar-refractivity contribution in [3.8, 4) is 5.75 Å². The number of fused-ring (bicyclic) bond motifs is 1. The van der Waals surface area contributed by atoms with Crippen LogP contribution < -0.4 is 9.64 Å². The minimum atomic E-state index is -1.17. The number of benzene rings is 1. The first-order valence-electron chi connectivity index (χ1n) is 7.75. The molecule has 0 radical (unpaired) electrons. The largest absolute Gasteiger partial charge is 0.495 e. The lowest BCUT2D eigenvalue weighted by molar-refractivity contribution is -0.181. The van der Waals surface area contributed by atoms with Crippen molar-refractivity contribution >= 4 is 22.6 Å². The van der Waals surface area contributed by atoms with E-state index in [0.717, 1.165) is 5.69 Å². The fourth-order valence-electron chi connectivity index (χ4n) is 2.94. The topological polar surface area (TPSA) is 94.8 Å². The molecule has 1 aromatic carbocycles. The van der Waals surface area contributed by atoms with Crippen LogP contribution >= 0.6 is 11.8 Å². The van der Waals surface area contributed by atoms with Gasteiger partial charge in [-0.3, -0.25) is 4.99 Å². The Bertz CT molecular complexity index is 626. The third-order valence-electron chi connectivity index (χ3n) is 4.30. The summed E-state index contributed by atoms with van der Waals surface area (Å²) in [6.07, 6.45) is -3.97. The van der Waals surface area contributed by atoms with Gasteiger partial charge in [-0.05, 0) is 19.1 Å². The van der Waals surface area contributed by atoms with Crippen LogP contribution in [0.2, 0.25) is 0 Å². The number of hydrogen-bond acceptors (Lipinski definition) is 8. The van der Waals surface area contributed by atoms with E-state index in [9.17, 15) is 15.3 Å². The molecule has 7 nitrogen and oxygen atoms in total. The highest BCUT2D eigenvalue weighted by molar-refractivity contribution is 8.14. The SMILES string of the molecule is COc1ccccc1N(C)C1=N[C@@H]2[C@@H](O)[C@H](O)[C@@H]([C@@H](C)O)O[C@@H]2S1. The van der Waals surface area contributed by atoms with Crippen molar-refractivity contribution in [1.29, 1.82) is 0 Å². The van der Waals surface area contributed by atoms with E-state index in [1.165, 1.54) is 18.7 Å². The number of aliphatic imine (C=N–C) groups is 1. The van der Waals surface area contributed by atoms with Crippen LogP contribution in [0.1, 0.15) is 6.92 Å². The van der Waals surface area contributed by atoms with Crippen LogP contribution in [-0.2, 0) is 4.74 Å². The second-order valence-electron chi connectivity index (χ2n) is 5.94. The van der Waals surface area contributed by atoms with Gasteiger partial charge in [0.05, 0.1) is 18.9 Å². The molecule has 1 fully saturated rings. The maximum atomic E-state index is 10.3.